The van der Waals surface area contributed by atoms with Crippen LogP contribution in [0.3, 0.4) is 0 Å². The number of aliphatic hydroxyl groups excluding tert-OH is 1. The number of aliphatic hydroxyl groups is 1. The van der Waals surface area contributed by atoms with Crippen molar-refractivity contribution in [2.45, 2.75) is 44.2 Å². The monoisotopic (exact) mass is 282 g/mol. The first-order valence-corrected chi connectivity index (χ1v) is 7.21. The Bertz CT molecular complexity index is 393. The van der Waals surface area contributed by atoms with Gasteiger partial charge in [-0.2, -0.15) is 0 Å². The highest BCUT2D eigenvalue weighted by atomic mass is 16.4. The zero-order chi connectivity index (χ0) is 14.5. The molecular weight excluding hydrogens is 260 g/mol. The van der Waals surface area contributed by atoms with Crippen LogP contribution >= 0.6 is 0 Å². The van der Waals surface area contributed by atoms with E-state index in [0.29, 0.717) is 19.4 Å². The summed E-state index contributed by atoms with van der Waals surface area (Å²) >= 11 is 0. The average molecular weight is 282 g/mol. The molecule has 2 atom stereocenters. The predicted octanol–water partition coefficient (Wildman–Crippen LogP) is 0.962. The van der Waals surface area contributed by atoms with E-state index >= 15 is 0 Å². The Morgan fingerprint density at radius 1 is 1.30 bits per heavy atom. The molecular formula is C14H22N2O4. The molecule has 0 aliphatic heterocycles. The van der Waals surface area contributed by atoms with Gasteiger partial charge in [0.05, 0.1) is 12.0 Å². The van der Waals surface area contributed by atoms with E-state index in [1.54, 1.807) is 17.1 Å². The van der Waals surface area contributed by atoms with Gasteiger partial charge in [-0.05, 0) is 32.1 Å². The number of rotatable bonds is 6. The zero-order valence-electron chi connectivity index (χ0n) is 11.5. The maximum atomic E-state index is 12.3. The largest absolute Gasteiger partial charge is 0.481 e. The summed E-state index contributed by atoms with van der Waals surface area (Å²) in [5.74, 6) is -1.36. The number of nitrogens with one attached hydrogen (secondary N) is 1. The molecule has 0 spiro atoms. The highest BCUT2D eigenvalue weighted by Crippen LogP contribution is 2.25. The molecule has 0 saturated heterocycles. The number of nitrogens with zero attached hydrogens (tertiary/aromatic N) is 1. The molecule has 2 aliphatic rings. The fraction of sp³-hybridized carbons (Fsp3) is 0.714. The molecule has 0 aromatic rings. The van der Waals surface area contributed by atoms with Crippen molar-refractivity contribution in [1.82, 2.24) is 10.2 Å². The summed E-state index contributed by atoms with van der Waals surface area (Å²) in [4.78, 5) is 24.9. The van der Waals surface area contributed by atoms with Crippen LogP contribution in [-0.4, -0.2) is 52.3 Å². The summed E-state index contributed by atoms with van der Waals surface area (Å²) in [6.45, 7) is 0.618. The molecule has 3 N–H and O–H groups in total. The van der Waals surface area contributed by atoms with Gasteiger partial charge in [0.1, 0.15) is 0 Å². The van der Waals surface area contributed by atoms with E-state index in [-0.39, 0.29) is 24.7 Å². The van der Waals surface area contributed by atoms with Crippen LogP contribution in [0.5, 0.6) is 0 Å². The lowest BCUT2D eigenvalue weighted by molar-refractivity contribution is -0.140. The van der Waals surface area contributed by atoms with Crippen molar-refractivity contribution in [2.75, 3.05) is 13.2 Å². The Kier molecular flexibility index (Phi) is 5.00. The van der Waals surface area contributed by atoms with E-state index in [9.17, 15) is 9.59 Å². The van der Waals surface area contributed by atoms with Crippen molar-refractivity contribution in [3.05, 3.63) is 12.2 Å². The highest BCUT2D eigenvalue weighted by molar-refractivity contribution is 5.76. The SMILES string of the molecule is O=C(O)C1C=CC(NC(=O)N(CCCO)C2CCC2)C1. The molecule has 0 radical (unpaired) electrons. The van der Waals surface area contributed by atoms with Gasteiger partial charge in [0.2, 0.25) is 0 Å². The fourth-order valence-electron chi connectivity index (χ4n) is 2.62. The lowest BCUT2D eigenvalue weighted by Crippen LogP contribution is -2.51. The van der Waals surface area contributed by atoms with Crippen LogP contribution < -0.4 is 5.32 Å². The molecule has 6 heteroatoms. The molecule has 0 heterocycles. The zero-order valence-corrected chi connectivity index (χ0v) is 11.5. The summed E-state index contributed by atoms with van der Waals surface area (Å²) in [6, 6.07) is -0.0913. The minimum atomic E-state index is -0.853. The van der Waals surface area contributed by atoms with Crippen LogP contribution in [0.4, 0.5) is 4.79 Å². The Labute approximate surface area is 118 Å². The molecule has 0 aromatic carbocycles. The number of carbonyl (C=O) groups is 2. The maximum absolute atomic E-state index is 12.3. The number of urea groups is 1. The Balaban J connectivity index is 1.85. The second-order valence-electron chi connectivity index (χ2n) is 5.48. The van der Waals surface area contributed by atoms with Gasteiger partial charge in [0, 0.05) is 19.2 Å². The van der Waals surface area contributed by atoms with Crippen LogP contribution in [0, 0.1) is 5.92 Å². The Morgan fingerprint density at radius 3 is 2.55 bits per heavy atom. The highest BCUT2D eigenvalue weighted by Gasteiger charge is 2.31. The number of carboxylic acids is 1. The second kappa shape index (κ2) is 6.74. The van der Waals surface area contributed by atoms with Crippen molar-refractivity contribution < 1.29 is 19.8 Å². The van der Waals surface area contributed by atoms with Gasteiger partial charge in [0.15, 0.2) is 0 Å². The second-order valence-corrected chi connectivity index (χ2v) is 5.48. The van der Waals surface area contributed by atoms with Crippen LogP contribution in [0.2, 0.25) is 0 Å². The van der Waals surface area contributed by atoms with Crippen molar-refractivity contribution in [3.8, 4) is 0 Å². The smallest absolute Gasteiger partial charge is 0.318 e. The van der Waals surface area contributed by atoms with Gasteiger partial charge in [-0.15, -0.1) is 0 Å². The van der Waals surface area contributed by atoms with Gasteiger partial charge in [-0.3, -0.25) is 4.79 Å². The molecule has 6 nitrogen and oxygen atoms in total. The quantitative estimate of drug-likeness (QED) is 0.633. The number of hydrogen-bond acceptors (Lipinski definition) is 3. The van der Waals surface area contributed by atoms with Crippen LogP contribution in [-0.2, 0) is 4.79 Å². The lowest BCUT2D eigenvalue weighted by Gasteiger charge is -2.38. The lowest BCUT2D eigenvalue weighted by atomic mass is 9.91. The van der Waals surface area contributed by atoms with Gasteiger partial charge >= 0.3 is 12.0 Å². The van der Waals surface area contributed by atoms with E-state index in [2.05, 4.69) is 5.32 Å². The van der Waals surface area contributed by atoms with Gasteiger partial charge in [-0.25, -0.2) is 4.79 Å². The maximum Gasteiger partial charge on any atom is 0.318 e. The van der Waals surface area contributed by atoms with Crippen molar-refractivity contribution >= 4 is 12.0 Å². The summed E-state index contributed by atoms with van der Waals surface area (Å²) in [5, 5.41) is 20.7. The normalized spacial score (nSPS) is 25.2. The molecule has 112 valence electrons. The van der Waals surface area contributed by atoms with Gasteiger partial charge in [0.25, 0.3) is 0 Å². The van der Waals surface area contributed by atoms with Crippen LogP contribution in [0.15, 0.2) is 12.2 Å². The predicted molar refractivity (Wildman–Crippen MR) is 73.3 cm³/mol. The van der Waals surface area contributed by atoms with Crippen LogP contribution in [0.1, 0.15) is 32.1 Å². The molecule has 0 aromatic heterocycles. The number of carboxylic acid groups (broad SMARTS) is 1. The molecule has 2 aliphatic carbocycles. The van der Waals surface area contributed by atoms with Crippen molar-refractivity contribution in [3.63, 3.8) is 0 Å². The minimum Gasteiger partial charge on any atom is -0.481 e. The Morgan fingerprint density at radius 2 is 2.05 bits per heavy atom. The first-order valence-electron chi connectivity index (χ1n) is 7.21. The van der Waals surface area contributed by atoms with E-state index in [0.717, 1.165) is 19.3 Å². The van der Waals surface area contributed by atoms with E-state index < -0.39 is 11.9 Å². The standard InChI is InChI=1S/C14H22N2O4/c17-8-2-7-16(12-3-1-4-12)14(20)15-11-6-5-10(9-11)13(18)19/h5-6,10-12,17H,1-4,7-9H2,(H,15,20)(H,18,19). The molecule has 1 saturated carbocycles. The van der Waals surface area contributed by atoms with Crippen molar-refractivity contribution in [2.24, 2.45) is 5.92 Å². The van der Waals surface area contributed by atoms with Crippen LogP contribution in [0.25, 0.3) is 0 Å². The summed E-state index contributed by atoms with van der Waals surface area (Å²) in [7, 11) is 0. The first-order chi connectivity index (χ1) is 9.61. The molecule has 2 rings (SSSR count). The van der Waals surface area contributed by atoms with E-state index in [1.807, 2.05) is 0 Å². The minimum absolute atomic E-state index is 0.0704. The summed E-state index contributed by atoms with van der Waals surface area (Å²) in [5.41, 5.74) is 0. The molecule has 1 fully saturated rings. The average Bonchev–Trinajstić information content (AvgIpc) is 2.80. The molecule has 2 amide bonds. The number of carbonyl (C=O) groups excluding carboxylic acids is 1. The third-order valence-corrected chi connectivity index (χ3v) is 4.04. The molecule has 0 bridgehead atoms. The first kappa shape index (κ1) is 14.8. The van der Waals surface area contributed by atoms with E-state index in [4.69, 9.17) is 10.2 Å². The number of hydrogen-bond donors (Lipinski definition) is 3. The molecule has 2 unspecified atom stereocenters. The topological polar surface area (TPSA) is 89.9 Å². The van der Waals surface area contributed by atoms with Gasteiger partial charge in [-0.1, -0.05) is 12.2 Å². The van der Waals surface area contributed by atoms with Gasteiger partial charge < -0.3 is 20.4 Å². The third kappa shape index (κ3) is 3.50. The van der Waals surface area contributed by atoms with E-state index in [1.165, 1.54) is 0 Å². The van der Waals surface area contributed by atoms with Crippen molar-refractivity contribution in [1.29, 1.82) is 0 Å². The number of aliphatic carboxylic acids is 1. The third-order valence-electron chi connectivity index (χ3n) is 4.04. The number of amides is 2. The molecule has 20 heavy (non-hydrogen) atoms. The summed E-state index contributed by atoms with van der Waals surface area (Å²) in [6.07, 6.45) is 7.53. The summed E-state index contributed by atoms with van der Waals surface area (Å²) < 4.78 is 0. The Hall–Kier alpha value is -1.56. The fourth-order valence-corrected chi connectivity index (χ4v) is 2.62.